The maximum Gasteiger partial charge on any atom is 0.472 e. The van der Waals surface area contributed by atoms with Gasteiger partial charge in [0.1, 0.15) is 43.2 Å². The second-order valence-electron chi connectivity index (χ2n) is 31.1. The zero-order valence-electron chi connectivity index (χ0n) is 65.4. The molecule has 0 aromatic rings. The Morgan fingerprint density at radius 1 is 0.273 bits per heavy atom. The monoisotopic (exact) mass is 1430 g/mol. The van der Waals surface area contributed by atoms with Gasteiger partial charge >= 0.3 is 19.8 Å². The van der Waals surface area contributed by atoms with Crippen molar-refractivity contribution in [2.24, 2.45) is 0 Å². The van der Waals surface area contributed by atoms with Gasteiger partial charge in [-0.1, -0.05) is 450 Å². The lowest BCUT2D eigenvalue weighted by atomic mass is 9.85. The van der Waals surface area contributed by atoms with Crippen LogP contribution in [0.2, 0.25) is 0 Å². The van der Waals surface area contributed by atoms with Gasteiger partial charge in [-0.15, -0.1) is 0 Å². The number of ether oxygens (including phenoxy) is 2. The van der Waals surface area contributed by atoms with Gasteiger partial charge in [0.15, 0.2) is 6.10 Å². The number of phosphoric ester groups is 1. The number of aliphatic hydroxyl groups excluding tert-OH is 5. The summed E-state index contributed by atoms with van der Waals surface area (Å²) in [6.45, 7) is 3.44. The third-order valence-corrected chi connectivity index (χ3v) is 22.4. The lowest BCUT2D eigenvalue weighted by Crippen LogP contribution is -2.64. The SMILES string of the molecule is CCCCCCCCCCCCCCCCCCCCCCCCCCCCCCCCCCCCCC(=O)OC[C@H](COP(=O)(O)OC1C(O)C(O)C(O)[C@@H](O)C1O)OC(=O)CCCCCCCCCCCCCCCCCCCCCCCCCCCCCCCCCCCCC. The smallest absolute Gasteiger partial charge is 0.462 e. The minimum absolute atomic E-state index is 0.107. The van der Waals surface area contributed by atoms with Crippen molar-refractivity contribution < 1.29 is 63.1 Å². The molecular formula is C85H167O13P. The van der Waals surface area contributed by atoms with E-state index in [9.17, 15) is 44.6 Å². The summed E-state index contributed by atoms with van der Waals surface area (Å²) < 4.78 is 34.1. The largest absolute Gasteiger partial charge is 0.472 e. The predicted octanol–water partition coefficient (Wildman–Crippen LogP) is 24.9. The molecule has 14 heteroatoms. The summed E-state index contributed by atoms with van der Waals surface area (Å²) in [6, 6.07) is 0. The van der Waals surface area contributed by atoms with Crippen LogP contribution in [-0.4, -0.2) is 98.3 Å². The number of hydrogen-bond acceptors (Lipinski definition) is 12. The molecule has 0 aromatic heterocycles. The van der Waals surface area contributed by atoms with Crippen LogP contribution in [0.3, 0.4) is 0 Å². The Morgan fingerprint density at radius 3 is 0.667 bits per heavy atom. The maximum atomic E-state index is 13.0. The van der Waals surface area contributed by atoms with E-state index in [4.69, 9.17) is 18.5 Å². The number of carbonyl (C=O) groups excluding carboxylic acids is 2. The first kappa shape index (κ1) is 95.9. The van der Waals surface area contributed by atoms with E-state index in [0.717, 1.165) is 38.5 Å². The molecule has 1 saturated carbocycles. The van der Waals surface area contributed by atoms with E-state index in [-0.39, 0.29) is 12.8 Å². The Balaban J connectivity index is 2.10. The molecular weight excluding hydrogens is 1260 g/mol. The van der Waals surface area contributed by atoms with Gasteiger partial charge in [0.05, 0.1) is 6.61 Å². The summed E-state index contributed by atoms with van der Waals surface area (Å²) in [5, 5.41) is 50.8. The molecule has 6 unspecified atom stereocenters. The van der Waals surface area contributed by atoms with Crippen molar-refractivity contribution in [2.75, 3.05) is 13.2 Å². The maximum absolute atomic E-state index is 13.0. The molecule has 0 spiro atoms. The second kappa shape index (κ2) is 73.7. The standard InChI is InChI=1S/C85H167O13P/c1-3-5-7-9-11-13-15-17-19-21-23-25-27-29-31-33-35-37-39-41-43-45-47-49-51-53-55-57-59-61-63-65-67-69-71-73-78(86)95-75-77(76-96-99(93,94)98-85-83(91)81(89)80(88)82(90)84(85)92)97-79(87)74-72-70-68-66-64-62-60-58-56-54-52-50-48-46-44-42-40-38-36-34-32-30-28-26-24-22-20-18-16-14-12-10-8-6-4-2/h77,80-85,88-92H,3-76H2,1-2H3,(H,93,94)/t77-,80?,81-,82?,83?,84?,85?/m1/s1. The predicted molar refractivity (Wildman–Crippen MR) is 415 cm³/mol. The van der Waals surface area contributed by atoms with E-state index >= 15 is 0 Å². The van der Waals surface area contributed by atoms with Gasteiger partial charge in [0.25, 0.3) is 0 Å². The molecule has 0 aromatic carbocycles. The third kappa shape index (κ3) is 63.8. The normalized spacial score (nSPS) is 18.1. The average molecular weight is 1430 g/mol. The van der Waals surface area contributed by atoms with Gasteiger partial charge < -0.3 is 39.9 Å². The van der Waals surface area contributed by atoms with Crippen molar-refractivity contribution in [1.82, 2.24) is 0 Å². The van der Waals surface area contributed by atoms with Crippen LogP contribution in [0.5, 0.6) is 0 Å². The van der Waals surface area contributed by atoms with Crippen LogP contribution in [0.1, 0.15) is 476 Å². The molecule has 0 aliphatic heterocycles. The van der Waals surface area contributed by atoms with Crippen LogP contribution >= 0.6 is 7.82 Å². The highest BCUT2D eigenvalue weighted by atomic mass is 31.2. The van der Waals surface area contributed by atoms with E-state index < -0.39 is 75.7 Å². The molecule has 13 nitrogen and oxygen atoms in total. The van der Waals surface area contributed by atoms with Crippen LogP contribution in [0, 0.1) is 0 Å². The molecule has 0 saturated heterocycles. The summed E-state index contributed by atoms with van der Waals surface area (Å²) in [7, 11) is -5.13. The van der Waals surface area contributed by atoms with Crippen LogP contribution in [-0.2, 0) is 32.7 Å². The van der Waals surface area contributed by atoms with Crippen molar-refractivity contribution in [3.63, 3.8) is 0 Å². The molecule has 0 heterocycles. The number of carbonyl (C=O) groups is 2. The minimum Gasteiger partial charge on any atom is -0.462 e. The van der Waals surface area contributed by atoms with Gasteiger partial charge in [-0.3, -0.25) is 18.6 Å². The molecule has 99 heavy (non-hydrogen) atoms. The van der Waals surface area contributed by atoms with Crippen molar-refractivity contribution in [3.05, 3.63) is 0 Å². The van der Waals surface area contributed by atoms with Crippen molar-refractivity contribution in [2.45, 2.75) is 519 Å². The number of aliphatic hydroxyl groups is 5. The van der Waals surface area contributed by atoms with Gasteiger partial charge in [0.2, 0.25) is 0 Å². The zero-order valence-corrected chi connectivity index (χ0v) is 66.3. The highest BCUT2D eigenvalue weighted by Gasteiger charge is 2.51. The van der Waals surface area contributed by atoms with Gasteiger partial charge in [-0.05, 0) is 12.8 Å². The number of hydrogen-bond donors (Lipinski definition) is 6. The van der Waals surface area contributed by atoms with Gasteiger partial charge in [-0.2, -0.15) is 0 Å². The lowest BCUT2D eigenvalue weighted by molar-refractivity contribution is -0.220. The van der Waals surface area contributed by atoms with Crippen molar-refractivity contribution in [3.8, 4) is 0 Å². The Bertz CT molecular complexity index is 1710. The number of esters is 2. The van der Waals surface area contributed by atoms with E-state index in [1.165, 1.54) is 398 Å². The summed E-state index contributed by atoms with van der Waals surface area (Å²) in [5.41, 5.74) is 0. The molecule has 0 radical (unpaired) electrons. The average Bonchev–Trinajstić information content (AvgIpc) is 0.806. The first-order valence-electron chi connectivity index (χ1n) is 43.8. The molecule has 8 atom stereocenters. The molecule has 590 valence electrons. The summed E-state index contributed by atoms with van der Waals surface area (Å²) in [4.78, 5) is 36.4. The third-order valence-electron chi connectivity index (χ3n) is 21.4. The van der Waals surface area contributed by atoms with Gasteiger partial charge in [-0.25, -0.2) is 4.57 Å². The molecule has 1 aliphatic carbocycles. The topological polar surface area (TPSA) is 210 Å². The molecule has 0 bridgehead atoms. The fourth-order valence-electron chi connectivity index (χ4n) is 14.7. The Hall–Kier alpha value is -1.15. The van der Waals surface area contributed by atoms with E-state index in [1.807, 2.05) is 0 Å². The molecule has 6 N–H and O–H groups in total. The lowest BCUT2D eigenvalue weighted by Gasteiger charge is -2.41. The minimum atomic E-state index is -5.13. The zero-order chi connectivity index (χ0) is 71.9. The fraction of sp³-hybridized carbons (Fsp3) is 0.976. The summed E-state index contributed by atoms with van der Waals surface area (Å²) in [5.74, 6) is -1.06. The Kier molecular flexibility index (Phi) is 71.4. The first-order chi connectivity index (χ1) is 48.4. The van der Waals surface area contributed by atoms with E-state index in [0.29, 0.717) is 12.8 Å². The van der Waals surface area contributed by atoms with Crippen LogP contribution in [0.4, 0.5) is 0 Å². The van der Waals surface area contributed by atoms with E-state index in [1.54, 1.807) is 0 Å². The van der Waals surface area contributed by atoms with E-state index in [2.05, 4.69) is 13.8 Å². The Labute approximate surface area is 611 Å². The fourth-order valence-corrected chi connectivity index (χ4v) is 15.6. The first-order valence-corrected chi connectivity index (χ1v) is 45.3. The second-order valence-corrected chi connectivity index (χ2v) is 32.5. The van der Waals surface area contributed by atoms with Crippen LogP contribution in [0.15, 0.2) is 0 Å². The number of unbranched alkanes of at least 4 members (excludes halogenated alkanes) is 68. The van der Waals surface area contributed by atoms with Crippen LogP contribution in [0.25, 0.3) is 0 Å². The summed E-state index contributed by atoms with van der Waals surface area (Å²) >= 11 is 0. The van der Waals surface area contributed by atoms with Crippen LogP contribution < -0.4 is 0 Å². The Morgan fingerprint density at radius 2 is 0.455 bits per heavy atom. The molecule has 1 rings (SSSR count). The van der Waals surface area contributed by atoms with Crippen molar-refractivity contribution in [1.29, 1.82) is 0 Å². The highest BCUT2D eigenvalue weighted by Crippen LogP contribution is 2.47. The number of phosphoric acid groups is 1. The molecule has 1 aliphatic rings. The van der Waals surface area contributed by atoms with Gasteiger partial charge in [0, 0.05) is 12.8 Å². The highest BCUT2D eigenvalue weighted by molar-refractivity contribution is 7.47. The number of rotatable bonds is 80. The summed E-state index contributed by atoms with van der Waals surface area (Å²) in [6.07, 6.45) is 81.0. The molecule has 0 amide bonds. The molecule has 1 fully saturated rings. The van der Waals surface area contributed by atoms with Crippen molar-refractivity contribution >= 4 is 19.8 Å². The quantitative estimate of drug-likeness (QED) is 0.0190.